The third kappa shape index (κ3) is 3.59. The first-order valence-corrected chi connectivity index (χ1v) is 8.34. The lowest BCUT2D eigenvalue weighted by atomic mass is 10.3. The lowest BCUT2D eigenvalue weighted by molar-refractivity contribution is 0.556. The molecule has 0 unspecified atom stereocenters. The molecular weight excluding hydrogens is 355 g/mol. The Morgan fingerprint density at radius 1 is 1.47 bits per heavy atom. The molecule has 0 aliphatic rings. The molecule has 19 heavy (non-hydrogen) atoms. The number of hydrogen-bond donors (Lipinski definition) is 1. The van der Waals surface area contributed by atoms with Gasteiger partial charge >= 0.3 is 0 Å². The Balaban J connectivity index is 2.18. The smallest absolute Gasteiger partial charge is 0.243 e. The van der Waals surface area contributed by atoms with Gasteiger partial charge in [0.25, 0.3) is 0 Å². The van der Waals surface area contributed by atoms with Crippen molar-refractivity contribution in [1.82, 2.24) is 9.71 Å². The molecule has 0 bridgehead atoms. The van der Waals surface area contributed by atoms with Crippen LogP contribution in [0.2, 0.25) is 0 Å². The van der Waals surface area contributed by atoms with Gasteiger partial charge < -0.3 is 0 Å². The van der Waals surface area contributed by atoms with Crippen LogP contribution in [0.25, 0.3) is 0 Å². The molecule has 1 heterocycles. The van der Waals surface area contributed by atoms with E-state index in [1.165, 1.54) is 23.5 Å². The fourth-order valence-electron chi connectivity index (χ4n) is 1.42. The minimum Gasteiger partial charge on any atom is -0.250 e. The molecule has 0 spiro atoms. The molecule has 1 aromatic heterocycles. The second-order valence-corrected chi connectivity index (χ2v) is 7.72. The van der Waals surface area contributed by atoms with Crippen molar-refractivity contribution in [3.8, 4) is 0 Å². The highest BCUT2D eigenvalue weighted by molar-refractivity contribution is 9.10. The number of sulfonamides is 1. The van der Waals surface area contributed by atoms with E-state index in [0.29, 0.717) is 4.47 Å². The van der Waals surface area contributed by atoms with E-state index in [4.69, 9.17) is 0 Å². The summed E-state index contributed by atoms with van der Waals surface area (Å²) >= 11 is 4.47. The molecule has 0 aliphatic heterocycles. The molecule has 2 rings (SSSR count). The monoisotopic (exact) mass is 364 g/mol. The molecule has 0 atom stereocenters. The van der Waals surface area contributed by atoms with Gasteiger partial charge in [-0.2, -0.15) is 0 Å². The number of benzene rings is 1. The Hall–Kier alpha value is -0.830. The predicted octanol–water partition coefficient (Wildman–Crippen LogP) is 2.83. The van der Waals surface area contributed by atoms with Crippen molar-refractivity contribution in [2.75, 3.05) is 0 Å². The first-order valence-electron chi connectivity index (χ1n) is 5.24. The van der Waals surface area contributed by atoms with Crippen LogP contribution in [-0.4, -0.2) is 13.4 Å². The Labute approximate surface area is 122 Å². The van der Waals surface area contributed by atoms with E-state index in [1.54, 1.807) is 6.20 Å². The molecule has 0 aliphatic carbocycles. The summed E-state index contributed by atoms with van der Waals surface area (Å²) in [4.78, 5) is 4.44. The third-order valence-electron chi connectivity index (χ3n) is 2.29. The van der Waals surface area contributed by atoms with Crippen molar-refractivity contribution in [2.45, 2.75) is 18.4 Å². The van der Waals surface area contributed by atoms with Crippen LogP contribution in [0.5, 0.6) is 0 Å². The number of halogens is 2. The van der Waals surface area contributed by atoms with Crippen LogP contribution in [0, 0.1) is 12.7 Å². The van der Waals surface area contributed by atoms with Crippen LogP contribution in [0.3, 0.4) is 0 Å². The first kappa shape index (κ1) is 14.6. The summed E-state index contributed by atoms with van der Waals surface area (Å²) in [7, 11) is -3.86. The summed E-state index contributed by atoms with van der Waals surface area (Å²) in [6, 6.07) is 3.82. The average molecular weight is 365 g/mol. The molecule has 0 fully saturated rings. The summed E-state index contributed by atoms with van der Waals surface area (Å²) in [6.45, 7) is 1.93. The zero-order chi connectivity index (χ0) is 14.0. The van der Waals surface area contributed by atoms with Crippen molar-refractivity contribution in [2.24, 2.45) is 0 Å². The van der Waals surface area contributed by atoms with E-state index < -0.39 is 15.8 Å². The van der Waals surface area contributed by atoms with Gasteiger partial charge in [0, 0.05) is 22.1 Å². The highest BCUT2D eigenvalue weighted by Gasteiger charge is 2.19. The van der Waals surface area contributed by atoms with Crippen LogP contribution in [0.4, 0.5) is 4.39 Å². The topological polar surface area (TPSA) is 59.1 Å². The van der Waals surface area contributed by atoms with Gasteiger partial charge in [0.15, 0.2) is 0 Å². The van der Waals surface area contributed by atoms with E-state index in [1.807, 2.05) is 6.92 Å². The lowest BCUT2D eigenvalue weighted by Crippen LogP contribution is -2.23. The fourth-order valence-corrected chi connectivity index (χ4v) is 3.65. The highest BCUT2D eigenvalue weighted by atomic mass is 79.9. The van der Waals surface area contributed by atoms with E-state index in [-0.39, 0.29) is 11.4 Å². The van der Waals surface area contributed by atoms with Gasteiger partial charge in [-0.05, 0) is 25.1 Å². The summed E-state index contributed by atoms with van der Waals surface area (Å²) < 4.78 is 40.4. The fraction of sp³-hybridized carbons (Fsp3) is 0.182. The summed E-state index contributed by atoms with van der Waals surface area (Å²) in [5.74, 6) is -0.789. The SMILES string of the molecule is Cc1ncc(CNS(=O)(=O)c2ccc(Br)cc2F)s1. The van der Waals surface area contributed by atoms with E-state index in [2.05, 4.69) is 25.6 Å². The number of aryl methyl sites for hydroxylation is 1. The third-order valence-corrected chi connectivity index (χ3v) is 5.13. The maximum atomic E-state index is 13.6. The normalized spacial score (nSPS) is 11.7. The van der Waals surface area contributed by atoms with Gasteiger partial charge in [-0.1, -0.05) is 15.9 Å². The van der Waals surface area contributed by atoms with E-state index in [9.17, 15) is 12.8 Å². The standard InChI is InChI=1S/C11H10BrFN2O2S2/c1-7-14-5-9(18-7)6-15-19(16,17)11-3-2-8(12)4-10(11)13/h2-5,15H,6H2,1H3. The van der Waals surface area contributed by atoms with Crippen LogP contribution in [-0.2, 0) is 16.6 Å². The van der Waals surface area contributed by atoms with Crippen molar-refractivity contribution in [3.05, 3.63) is 44.6 Å². The molecule has 1 aromatic carbocycles. The minimum absolute atomic E-state index is 0.101. The largest absolute Gasteiger partial charge is 0.250 e. The molecule has 0 amide bonds. The second kappa shape index (κ2) is 5.66. The molecule has 2 aromatic rings. The van der Waals surface area contributed by atoms with E-state index in [0.717, 1.165) is 16.0 Å². The Bertz CT molecular complexity index is 700. The van der Waals surface area contributed by atoms with Crippen LogP contribution in [0.1, 0.15) is 9.88 Å². The van der Waals surface area contributed by atoms with Crippen LogP contribution in [0.15, 0.2) is 33.8 Å². The predicted molar refractivity (Wildman–Crippen MR) is 75.0 cm³/mol. The molecule has 0 radical (unpaired) electrons. The molecule has 0 saturated heterocycles. The maximum Gasteiger partial charge on any atom is 0.243 e. The van der Waals surface area contributed by atoms with Gasteiger partial charge in [0.05, 0.1) is 5.01 Å². The van der Waals surface area contributed by atoms with Crippen molar-refractivity contribution >= 4 is 37.3 Å². The number of nitrogens with one attached hydrogen (secondary N) is 1. The highest BCUT2D eigenvalue weighted by Crippen LogP contribution is 2.20. The van der Waals surface area contributed by atoms with Gasteiger partial charge in [-0.3, -0.25) is 0 Å². The Kier molecular flexibility index (Phi) is 4.34. The van der Waals surface area contributed by atoms with Gasteiger partial charge in [-0.15, -0.1) is 11.3 Å². The number of aromatic nitrogens is 1. The Morgan fingerprint density at radius 2 is 2.21 bits per heavy atom. The van der Waals surface area contributed by atoms with Gasteiger partial charge in [0.2, 0.25) is 10.0 Å². The molecule has 8 heteroatoms. The zero-order valence-corrected chi connectivity index (χ0v) is 13.1. The molecular formula is C11H10BrFN2O2S2. The van der Waals surface area contributed by atoms with Gasteiger partial charge in [0.1, 0.15) is 10.7 Å². The number of hydrogen-bond acceptors (Lipinski definition) is 4. The quantitative estimate of drug-likeness (QED) is 0.907. The maximum absolute atomic E-state index is 13.6. The number of rotatable bonds is 4. The summed E-state index contributed by atoms with van der Waals surface area (Å²) in [5, 5.41) is 0.851. The molecule has 102 valence electrons. The molecule has 4 nitrogen and oxygen atoms in total. The average Bonchev–Trinajstić information content (AvgIpc) is 2.72. The van der Waals surface area contributed by atoms with Crippen LogP contribution >= 0.6 is 27.3 Å². The van der Waals surface area contributed by atoms with Crippen LogP contribution < -0.4 is 4.72 Å². The van der Waals surface area contributed by atoms with E-state index >= 15 is 0 Å². The number of thiazole rings is 1. The Morgan fingerprint density at radius 3 is 2.79 bits per heavy atom. The molecule has 0 saturated carbocycles. The summed E-state index contributed by atoms with van der Waals surface area (Å²) in [5.41, 5.74) is 0. The summed E-state index contributed by atoms with van der Waals surface area (Å²) in [6.07, 6.45) is 1.60. The van der Waals surface area contributed by atoms with Crippen molar-refractivity contribution in [3.63, 3.8) is 0 Å². The molecule has 1 N–H and O–H groups in total. The number of nitrogens with zero attached hydrogens (tertiary/aromatic N) is 1. The second-order valence-electron chi connectivity index (χ2n) is 3.74. The minimum atomic E-state index is -3.86. The lowest BCUT2D eigenvalue weighted by Gasteiger charge is -2.06. The first-order chi connectivity index (χ1) is 8.88. The van der Waals surface area contributed by atoms with Gasteiger partial charge in [-0.25, -0.2) is 22.5 Å². The van der Waals surface area contributed by atoms with Crippen molar-refractivity contribution < 1.29 is 12.8 Å². The zero-order valence-electron chi connectivity index (χ0n) is 9.85. The van der Waals surface area contributed by atoms with Crippen molar-refractivity contribution in [1.29, 1.82) is 0 Å².